The SMILES string of the molecule is COc1cccc(OC)c1C(=O)c1cccc2c1OCC2. The Labute approximate surface area is 123 Å². The number of carbonyl (C=O) groups is 1. The quantitative estimate of drug-likeness (QED) is 0.810. The van der Waals surface area contributed by atoms with Gasteiger partial charge in [-0.05, 0) is 23.8 Å². The Morgan fingerprint density at radius 1 is 1.05 bits per heavy atom. The van der Waals surface area contributed by atoms with E-state index >= 15 is 0 Å². The smallest absolute Gasteiger partial charge is 0.204 e. The van der Waals surface area contributed by atoms with Gasteiger partial charge in [-0.2, -0.15) is 0 Å². The van der Waals surface area contributed by atoms with Crippen molar-refractivity contribution in [2.75, 3.05) is 20.8 Å². The summed E-state index contributed by atoms with van der Waals surface area (Å²) in [6.07, 6.45) is 0.833. The van der Waals surface area contributed by atoms with E-state index in [2.05, 4.69) is 0 Å². The molecule has 0 radical (unpaired) electrons. The van der Waals surface area contributed by atoms with Gasteiger partial charge >= 0.3 is 0 Å². The first-order valence-corrected chi connectivity index (χ1v) is 6.76. The standard InChI is InChI=1S/C17H16O4/c1-19-13-7-4-8-14(20-2)15(13)16(18)12-6-3-5-11-9-10-21-17(11)12/h3-8H,9-10H2,1-2H3. The summed E-state index contributed by atoms with van der Waals surface area (Å²) < 4.78 is 16.2. The van der Waals surface area contributed by atoms with Crippen molar-refractivity contribution in [1.29, 1.82) is 0 Å². The van der Waals surface area contributed by atoms with Gasteiger partial charge in [0, 0.05) is 6.42 Å². The number of para-hydroxylation sites is 1. The summed E-state index contributed by atoms with van der Waals surface area (Å²) in [4.78, 5) is 12.9. The number of carbonyl (C=O) groups excluding carboxylic acids is 1. The lowest BCUT2D eigenvalue weighted by Gasteiger charge is -2.13. The van der Waals surface area contributed by atoms with E-state index in [1.165, 1.54) is 14.2 Å². The number of benzene rings is 2. The first-order valence-electron chi connectivity index (χ1n) is 6.76. The molecule has 0 saturated heterocycles. The Hall–Kier alpha value is -2.49. The third-order valence-corrected chi connectivity index (χ3v) is 3.61. The number of ether oxygens (including phenoxy) is 3. The molecule has 0 aromatic heterocycles. The van der Waals surface area contributed by atoms with E-state index in [1.54, 1.807) is 24.3 Å². The number of ketones is 1. The highest BCUT2D eigenvalue weighted by atomic mass is 16.5. The maximum absolute atomic E-state index is 12.9. The fraction of sp³-hybridized carbons (Fsp3) is 0.235. The minimum atomic E-state index is -0.150. The molecule has 1 aliphatic heterocycles. The number of fused-ring (bicyclic) bond motifs is 1. The number of hydrogen-bond donors (Lipinski definition) is 0. The van der Waals surface area contributed by atoms with Crippen LogP contribution in [0.25, 0.3) is 0 Å². The van der Waals surface area contributed by atoms with Crippen molar-refractivity contribution in [3.63, 3.8) is 0 Å². The minimum Gasteiger partial charge on any atom is -0.496 e. The summed E-state index contributed by atoms with van der Waals surface area (Å²) in [5.74, 6) is 1.52. The molecule has 0 atom stereocenters. The Balaban J connectivity index is 2.14. The van der Waals surface area contributed by atoms with Crippen molar-refractivity contribution in [2.45, 2.75) is 6.42 Å². The van der Waals surface area contributed by atoms with E-state index in [9.17, 15) is 4.79 Å². The topological polar surface area (TPSA) is 44.8 Å². The number of hydrogen-bond acceptors (Lipinski definition) is 4. The predicted molar refractivity (Wildman–Crippen MR) is 78.6 cm³/mol. The van der Waals surface area contributed by atoms with Gasteiger partial charge in [0.1, 0.15) is 22.8 Å². The van der Waals surface area contributed by atoms with Crippen LogP contribution in [0, 0.1) is 0 Å². The fourth-order valence-electron chi connectivity index (χ4n) is 2.60. The molecular weight excluding hydrogens is 268 g/mol. The first kappa shape index (κ1) is 13.5. The van der Waals surface area contributed by atoms with E-state index in [1.807, 2.05) is 12.1 Å². The van der Waals surface area contributed by atoms with Gasteiger partial charge in [0.2, 0.25) is 5.78 Å². The molecule has 0 fully saturated rings. The molecule has 21 heavy (non-hydrogen) atoms. The second-order valence-corrected chi connectivity index (χ2v) is 4.76. The first-order chi connectivity index (χ1) is 10.3. The van der Waals surface area contributed by atoms with Gasteiger partial charge < -0.3 is 14.2 Å². The molecule has 1 heterocycles. The molecule has 108 valence electrons. The average molecular weight is 284 g/mol. The summed E-state index contributed by atoms with van der Waals surface area (Å²) in [7, 11) is 3.08. The number of methoxy groups -OCH3 is 2. The lowest BCUT2D eigenvalue weighted by molar-refractivity contribution is 0.103. The average Bonchev–Trinajstić information content (AvgIpc) is 3.01. The molecule has 0 saturated carbocycles. The molecule has 2 aromatic rings. The maximum atomic E-state index is 12.9. The third kappa shape index (κ3) is 2.23. The van der Waals surface area contributed by atoms with Gasteiger partial charge in [0.05, 0.1) is 26.4 Å². The van der Waals surface area contributed by atoms with Crippen LogP contribution in [0.1, 0.15) is 21.5 Å². The molecular formula is C17H16O4. The second kappa shape index (κ2) is 5.48. The minimum absolute atomic E-state index is 0.150. The van der Waals surface area contributed by atoms with Crippen molar-refractivity contribution < 1.29 is 19.0 Å². The molecule has 0 aliphatic carbocycles. The molecule has 3 rings (SSSR count). The van der Waals surface area contributed by atoms with Crippen LogP contribution in [0.4, 0.5) is 0 Å². The highest BCUT2D eigenvalue weighted by Gasteiger charge is 2.25. The zero-order valence-electron chi connectivity index (χ0n) is 12.0. The van der Waals surface area contributed by atoms with E-state index < -0.39 is 0 Å². The van der Waals surface area contributed by atoms with Crippen LogP contribution in [-0.4, -0.2) is 26.6 Å². The maximum Gasteiger partial charge on any atom is 0.204 e. The molecule has 4 nitrogen and oxygen atoms in total. The van der Waals surface area contributed by atoms with Gasteiger partial charge in [-0.3, -0.25) is 4.79 Å². The van der Waals surface area contributed by atoms with Crippen LogP contribution in [0.3, 0.4) is 0 Å². The Bertz CT molecular complexity index is 669. The van der Waals surface area contributed by atoms with Gasteiger partial charge in [-0.25, -0.2) is 0 Å². The fourth-order valence-corrected chi connectivity index (χ4v) is 2.60. The van der Waals surface area contributed by atoms with Crippen LogP contribution >= 0.6 is 0 Å². The molecule has 2 aromatic carbocycles. The monoisotopic (exact) mass is 284 g/mol. The molecule has 4 heteroatoms. The Morgan fingerprint density at radius 3 is 2.38 bits per heavy atom. The highest BCUT2D eigenvalue weighted by Crippen LogP contribution is 2.36. The molecule has 0 unspecified atom stereocenters. The molecule has 1 aliphatic rings. The summed E-state index contributed by atoms with van der Waals surface area (Å²) in [6.45, 7) is 0.614. The van der Waals surface area contributed by atoms with Gasteiger partial charge in [0.25, 0.3) is 0 Å². The summed E-state index contributed by atoms with van der Waals surface area (Å²) in [5, 5.41) is 0. The summed E-state index contributed by atoms with van der Waals surface area (Å²) in [6, 6.07) is 10.9. The van der Waals surface area contributed by atoms with E-state index in [4.69, 9.17) is 14.2 Å². The second-order valence-electron chi connectivity index (χ2n) is 4.76. The summed E-state index contributed by atoms with van der Waals surface area (Å²) >= 11 is 0. The van der Waals surface area contributed by atoms with Gasteiger partial charge in [0.15, 0.2) is 0 Å². The van der Waals surface area contributed by atoms with Crippen molar-refractivity contribution in [3.05, 3.63) is 53.1 Å². The van der Waals surface area contributed by atoms with Gasteiger partial charge in [-0.1, -0.05) is 18.2 Å². The largest absolute Gasteiger partial charge is 0.496 e. The van der Waals surface area contributed by atoms with Crippen LogP contribution in [0.2, 0.25) is 0 Å². The van der Waals surface area contributed by atoms with E-state index in [0.29, 0.717) is 35.0 Å². The van der Waals surface area contributed by atoms with Crippen LogP contribution in [-0.2, 0) is 6.42 Å². The number of rotatable bonds is 4. The Morgan fingerprint density at radius 2 is 1.71 bits per heavy atom. The van der Waals surface area contributed by atoms with E-state index in [0.717, 1.165) is 12.0 Å². The van der Waals surface area contributed by atoms with Crippen molar-refractivity contribution in [3.8, 4) is 17.2 Å². The van der Waals surface area contributed by atoms with Gasteiger partial charge in [-0.15, -0.1) is 0 Å². The molecule has 0 N–H and O–H groups in total. The molecule has 0 amide bonds. The van der Waals surface area contributed by atoms with Crippen LogP contribution < -0.4 is 14.2 Å². The predicted octanol–water partition coefficient (Wildman–Crippen LogP) is 2.87. The Kier molecular flexibility index (Phi) is 3.52. The third-order valence-electron chi connectivity index (χ3n) is 3.61. The lowest BCUT2D eigenvalue weighted by atomic mass is 9.98. The highest BCUT2D eigenvalue weighted by molar-refractivity contribution is 6.14. The summed E-state index contributed by atoms with van der Waals surface area (Å²) in [5.41, 5.74) is 2.04. The molecule has 0 bridgehead atoms. The zero-order valence-corrected chi connectivity index (χ0v) is 12.0. The lowest BCUT2D eigenvalue weighted by Crippen LogP contribution is -2.08. The zero-order chi connectivity index (χ0) is 14.8. The van der Waals surface area contributed by atoms with Crippen LogP contribution in [0.5, 0.6) is 17.2 Å². The molecule has 0 spiro atoms. The van der Waals surface area contributed by atoms with Crippen molar-refractivity contribution in [1.82, 2.24) is 0 Å². The van der Waals surface area contributed by atoms with E-state index in [-0.39, 0.29) is 5.78 Å². The normalized spacial score (nSPS) is 12.5. The van der Waals surface area contributed by atoms with Crippen molar-refractivity contribution in [2.24, 2.45) is 0 Å². The van der Waals surface area contributed by atoms with Crippen molar-refractivity contribution >= 4 is 5.78 Å². The van der Waals surface area contributed by atoms with Crippen LogP contribution in [0.15, 0.2) is 36.4 Å².